The fraction of sp³-hybridized carbons (Fsp3) is 0.786. The van der Waals surface area contributed by atoms with Crippen molar-refractivity contribution < 1.29 is 9.53 Å². The van der Waals surface area contributed by atoms with Gasteiger partial charge in [-0.05, 0) is 26.2 Å². The van der Waals surface area contributed by atoms with Gasteiger partial charge in [0, 0.05) is 5.92 Å². The summed E-state index contributed by atoms with van der Waals surface area (Å²) < 4.78 is 6.06. The number of rotatable bonds is 1. The molecule has 0 spiro atoms. The first-order valence-electron chi connectivity index (χ1n) is 6.60. The van der Waals surface area contributed by atoms with Crippen molar-refractivity contribution in [3.63, 3.8) is 0 Å². The van der Waals surface area contributed by atoms with Gasteiger partial charge >= 0.3 is 0 Å². The first-order chi connectivity index (χ1) is 7.97. The first kappa shape index (κ1) is 11.3. The second-order valence-electron chi connectivity index (χ2n) is 6.15. The largest absolute Gasteiger partial charge is 0.353 e. The van der Waals surface area contributed by atoms with E-state index < -0.39 is 0 Å². The first-order valence-corrected chi connectivity index (χ1v) is 6.60. The molecule has 3 nitrogen and oxygen atoms in total. The summed E-state index contributed by atoms with van der Waals surface area (Å²) >= 11 is 0. The molecule has 1 amide bonds. The molecule has 0 aromatic rings. The molecule has 0 radical (unpaired) electrons. The van der Waals surface area contributed by atoms with E-state index in [-0.39, 0.29) is 23.6 Å². The number of hydrogen-bond acceptors (Lipinski definition) is 2. The highest BCUT2D eigenvalue weighted by atomic mass is 16.5. The van der Waals surface area contributed by atoms with Crippen LogP contribution in [0.4, 0.5) is 0 Å². The minimum atomic E-state index is -0.381. The van der Waals surface area contributed by atoms with Crippen molar-refractivity contribution >= 4 is 5.91 Å². The molecule has 2 heterocycles. The molecule has 17 heavy (non-hydrogen) atoms. The van der Waals surface area contributed by atoms with Crippen LogP contribution >= 0.6 is 0 Å². The lowest BCUT2D eigenvalue weighted by Gasteiger charge is -2.34. The molecule has 2 saturated heterocycles. The monoisotopic (exact) mass is 235 g/mol. The normalized spacial score (nSPS) is 44.3. The van der Waals surface area contributed by atoms with Crippen LogP contribution in [-0.4, -0.2) is 29.2 Å². The van der Waals surface area contributed by atoms with E-state index in [1.165, 1.54) is 5.57 Å². The molecule has 3 aliphatic rings. The van der Waals surface area contributed by atoms with Gasteiger partial charge in [-0.25, -0.2) is 0 Å². The van der Waals surface area contributed by atoms with Crippen LogP contribution < -0.4 is 0 Å². The van der Waals surface area contributed by atoms with Crippen LogP contribution in [0.2, 0.25) is 0 Å². The van der Waals surface area contributed by atoms with Gasteiger partial charge < -0.3 is 9.64 Å². The Morgan fingerprint density at radius 3 is 2.88 bits per heavy atom. The average molecular weight is 235 g/mol. The summed E-state index contributed by atoms with van der Waals surface area (Å²) in [5.74, 6) is 1.19. The van der Waals surface area contributed by atoms with E-state index in [9.17, 15) is 4.79 Å². The van der Waals surface area contributed by atoms with E-state index >= 15 is 0 Å². The molecular weight excluding hydrogens is 214 g/mol. The Labute approximate surface area is 103 Å². The third-order valence-electron chi connectivity index (χ3n) is 4.84. The maximum atomic E-state index is 12.5. The molecule has 4 atom stereocenters. The maximum absolute atomic E-state index is 12.5. The lowest BCUT2D eigenvalue weighted by molar-refractivity contribution is -0.140. The van der Waals surface area contributed by atoms with E-state index in [4.69, 9.17) is 4.74 Å². The van der Waals surface area contributed by atoms with Crippen LogP contribution in [0.1, 0.15) is 34.1 Å². The van der Waals surface area contributed by atoms with Gasteiger partial charge in [-0.2, -0.15) is 0 Å². The SMILES string of the molecule is CC1=CC[C@@H]2C(=O)N3[C@@H](C(C)C)CO[C@]3(C)[C@H]12. The number of nitrogens with zero attached hydrogens (tertiary/aromatic N) is 1. The topological polar surface area (TPSA) is 29.5 Å². The van der Waals surface area contributed by atoms with Gasteiger partial charge in [-0.15, -0.1) is 0 Å². The predicted octanol–water partition coefficient (Wildman–Crippen LogP) is 2.18. The molecule has 94 valence electrons. The standard InChI is InChI=1S/C14H21NO2/c1-8(2)11-7-17-14(4)12-9(3)5-6-10(12)13(16)15(11)14/h5,8,10-12H,6-7H2,1-4H3/t10-,11+,12+,14+/m0/s1. The lowest BCUT2D eigenvalue weighted by atomic mass is 9.87. The Hall–Kier alpha value is -0.830. The van der Waals surface area contributed by atoms with Crippen LogP contribution in [0, 0.1) is 17.8 Å². The zero-order valence-corrected chi connectivity index (χ0v) is 11.1. The Kier molecular flexibility index (Phi) is 2.22. The molecule has 3 rings (SSSR count). The van der Waals surface area contributed by atoms with E-state index in [1.54, 1.807) is 0 Å². The van der Waals surface area contributed by atoms with Gasteiger partial charge in [-0.1, -0.05) is 25.5 Å². The fourth-order valence-electron chi connectivity index (χ4n) is 3.95. The zero-order chi connectivity index (χ0) is 12.4. The number of fused-ring (bicyclic) bond motifs is 3. The Balaban J connectivity index is 2.02. The molecule has 0 N–H and O–H groups in total. The van der Waals surface area contributed by atoms with Gasteiger partial charge in [0.1, 0.15) is 5.72 Å². The van der Waals surface area contributed by atoms with Crippen LogP contribution in [0.5, 0.6) is 0 Å². The smallest absolute Gasteiger partial charge is 0.229 e. The summed E-state index contributed by atoms with van der Waals surface area (Å²) in [5.41, 5.74) is 0.950. The third kappa shape index (κ3) is 1.23. The Morgan fingerprint density at radius 1 is 1.53 bits per heavy atom. The van der Waals surface area contributed by atoms with Crippen molar-refractivity contribution in [1.82, 2.24) is 4.90 Å². The highest BCUT2D eigenvalue weighted by Crippen LogP contribution is 2.53. The number of carbonyl (C=O) groups excluding carboxylic acids is 1. The molecule has 0 saturated carbocycles. The second kappa shape index (κ2) is 3.35. The Bertz CT molecular complexity index is 401. The van der Waals surface area contributed by atoms with Gasteiger partial charge in [0.25, 0.3) is 0 Å². The van der Waals surface area contributed by atoms with Crippen molar-refractivity contribution in [3.8, 4) is 0 Å². The summed E-state index contributed by atoms with van der Waals surface area (Å²) in [7, 11) is 0. The van der Waals surface area contributed by atoms with Crippen LogP contribution in [0.15, 0.2) is 11.6 Å². The lowest BCUT2D eigenvalue weighted by Crippen LogP contribution is -2.47. The predicted molar refractivity (Wildman–Crippen MR) is 65.2 cm³/mol. The fourth-order valence-corrected chi connectivity index (χ4v) is 3.95. The number of carbonyl (C=O) groups is 1. The Morgan fingerprint density at radius 2 is 2.24 bits per heavy atom. The molecule has 3 heteroatoms. The van der Waals surface area contributed by atoms with Crippen molar-refractivity contribution in [2.24, 2.45) is 17.8 Å². The maximum Gasteiger partial charge on any atom is 0.229 e. The molecule has 2 fully saturated rings. The van der Waals surface area contributed by atoms with E-state index in [1.807, 2.05) is 4.90 Å². The summed E-state index contributed by atoms with van der Waals surface area (Å²) in [6.45, 7) is 9.27. The number of ether oxygens (including phenoxy) is 1. The summed E-state index contributed by atoms with van der Waals surface area (Å²) in [6, 6.07) is 0.255. The molecule has 0 aromatic heterocycles. The van der Waals surface area contributed by atoms with Crippen LogP contribution in [0.3, 0.4) is 0 Å². The van der Waals surface area contributed by atoms with Gasteiger partial charge in [-0.3, -0.25) is 4.79 Å². The van der Waals surface area contributed by atoms with Gasteiger partial charge in [0.05, 0.1) is 18.6 Å². The van der Waals surface area contributed by atoms with Crippen LogP contribution in [-0.2, 0) is 9.53 Å². The van der Waals surface area contributed by atoms with Gasteiger partial charge in [0.2, 0.25) is 5.91 Å². The van der Waals surface area contributed by atoms with Crippen molar-refractivity contribution in [1.29, 1.82) is 0 Å². The highest BCUT2D eigenvalue weighted by molar-refractivity contribution is 5.85. The number of allylic oxidation sites excluding steroid dienone is 1. The summed E-state index contributed by atoms with van der Waals surface area (Å²) in [4.78, 5) is 14.6. The zero-order valence-electron chi connectivity index (χ0n) is 11.1. The van der Waals surface area contributed by atoms with Gasteiger partial charge in [0.15, 0.2) is 0 Å². The molecule has 2 aliphatic heterocycles. The minimum Gasteiger partial charge on any atom is -0.353 e. The van der Waals surface area contributed by atoms with E-state index in [0.717, 1.165) is 6.42 Å². The molecule has 0 unspecified atom stereocenters. The molecule has 0 aromatic carbocycles. The van der Waals surface area contributed by atoms with Crippen molar-refractivity contribution in [3.05, 3.63) is 11.6 Å². The minimum absolute atomic E-state index is 0.140. The molecule has 1 aliphatic carbocycles. The molecular formula is C14H21NO2. The van der Waals surface area contributed by atoms with Crippen LogP contribution in [0.25, 0.3) is 0 Å². The van der Waals surface area contributed by atoms with E-state index in [2.05, 4.69) is 33.8 Å². The highest BCUT2D eigenvalue weighted by Gasteiger charge is 2.63. The quantitative estimate of drug-likeness (QED) is 0.652. The average Bonchev–Trinajstić information content (AvgIpc) is 2.83. The van der Waals surface area contributed by atoms with E-state index in [0.29, 0.717) is 18.4 Å². The summed E-state index contributed by atoms with van der Waals surface area (Å²) in [6.07, 6.45) is 3.11. The second-order valence-corrected chi connectivity index (χ2v) is 6.15. The molecule has 0 bridgehead atoms. The number of amides is 1. The van der Waals surface area contributed by atoms with Crippen molar-refractivity contribution in [2.45, 2.75) is 45.9 Å². The van der Waals surface area contributed by atoms with Crippen molar-refractivity contribution in [2.75, 3.05) is 6.61 Å². The number of hydrogen-bond donors (Lipinski definition) is 0. The third-order valence-corrected chi connectivity index (χ3v) is 4.84. The summed E-state index contributed by atoms with van der Waals surface area (Å²) in [5, 5.41) is 0.